The van der Waals surface area contributed by atoms with E-state index in [9.17, 15) is 13.2 Å². The zero-order valence-electron chi connectivity index (χ0n) is 14.3. The minimum atomic E-state index is -3.55. The molecular weight excluding hydrogens is 326 g/mol. The van der Waals surface area contributed by atoms with Crippen molar-refractivity contribution in [1.29, 1.82) is 0 Å². The molecule has 3 rings (SSSR count). The van der Waals surface area contributed by atoms with Gasteiger partial charge in [-0.15, -0.1) is 0 Å². The maximum atomic E-state index is 13.0. The highest BCUT2D eigenvalue weighted by molar-refractivity contribution is 7.89. The van der Waals surface area contributed by atoms with E-state index < -0.39 is 10.0 Å². The van der Waals surface area contributed by atoms with E-state index in [0.29, 0.717) is 6.54 Å². The van der Waals surface area contributed by atoms with Gasteiger partial charge in [-0.1, -0.05) is 6.07 Å². The molecule has 0 atom stereocenters. The van der Waals surface area contributed by atoms with Crippen molar-refractivity contribution in [2.75, 3.05) is 31.6 Å². The fraction of sp³-hybridized carbons (Fsp3) is 0.588. The van der Waals surface area contributed by atoms with Gasteiger partial charge in [-0.25, -0.2) is 8.42 Å². The Kier molecular flexibility index (Phi) is 4.94. The first-order valence-corrected chi connectivity index (χ1v) is 9.95. The van der Waals surface area contributed by atoms with Gasteiger partial charge in [0.15, 0.2) is 0 Å². The summed E-state index contributed by atoms with van der Waals surface area (Å²) in [6.07, 6.45) is 3.43. The molecule has 1 fully saturated rings. The van der Waals surface area contributed by atoms with E-state index in [1.165, 1.54) is 11.2 Å². The van der Waals surface area contributed by atoms with Crippen molar-refractivity contribution in [2.24, 2.45) is 0 Å². The van der Waals surface area contributed by atoms with E-state index in [-0.39, 0.29) is 16.8 Å². The molecule has 2 aliphatic heterocycles. The number of rotatable bonds is 3. The highest BCUT2D eigenvalue weighted by Gasteiger charge is 2.30. The molecule has 6 nitrogen and oxygen atoms in total. The Labute approximate surface area is 143 Å². The van der Waals surface area contributed by atoms with Crippen molar-refractivity contribution in [3.8, 4) is 0 Å². The zero-order chi connectivity index (χ0) is 17.3. The standard InChI is InChI=1S/C17H25N3O3S/c1-13(21)20-11-3-4-14-5-6-16(12-17(14)20)24(22,23)19(2)15-7-9-18-10-8-15/h5-6,12,15,18H,3-4,7-11H2,1-2H3. The molecule has 24 heavy (non-hydrogen) atoms. The molecule has 2 heterocycles. The fourth-order valence-corrected chi connectivity index (χ4v) is 5.01. The summed E-state index contributed by atoms with van der Waals surface area (Å²) >= 11 is 0. The Balaban J connectivity index is 1.93. The number of amides is 1. The van der Waals surface area contributed by atoms with Crippen LogP contribution in [0.2, 0.25) is 0 Å². The Morgan fingerprint density at radius 2 is 2.00 bits per heavy atom. The van der Waals surface area contributed by atoms with Crippen LogP contribution in [0.3, 0.4) is 0 Å². The summed E-state index contributed by atoms with van der Waals surface area (Å²) in [6, 6.07) is 5.22. The number of carbonyl (C=O) groups excluding carboxylic acids is 1. The second-order valence-corrected chi connectivity index (χ2v) is 8.56. The number of hydrogen-bond acceptors (Lipinski definition) is 4. The lowest BCUT2D eigenvalue weighted by Crippen LogP contribution is -2.44. The summed E-state index contributed by atoms with van der Waals surface area (Å²) in [4.78, 5) is 13.8. The van der Waals surface area contributed by atoms with Gasteiger partial charge in [-0.2, -0.15) is 4.31 Å². The van der Waals surface area contributed by atoms with E-state index in [4.69, 9.17) is 0 Å². The summed E-state index contributed by atoms with van der Waals surface area (Å²) in [7, 11) is -1.89. The lowest BCUT2D eigenvalue weighted by molar-refractivity contribution is -0.116. The van der Waals surface area contributed by atoms with Gasteiger partial charge < -0.3 is 10.2 Å². The van der Waals surface area contributed by atoms with Gasteiger partial charge in [0.2, 0.25) is 15.9 Å². The maximum Gasteiger partial charge on any atom is 0.243 e. The summed E-state index contributed by atoms with van der Waals surface area (Å²) < 4.78 is 27.5. The van der Waals surface area contributed by atoms with Crippen LogP contribution in [0.25, 0.3) is 0 Å². The van der Waals surface area contributed by atoms with Gasteiger partial charge in [0.05, 0.1) is 4.90 Å². The fourth-order valence-electron chi connectivity index (χ4n) is 3.57. The largest absolute Gasteiger partial charge is 0.317 e. The van der Waals surface area contributed by atoms with Gasteiger partial charge in [-0.3, -0.25) is 4.79 Å². The monoisotopic (exact) mass is 351 g/mol. The topological polar surface area (TPSA) is 69.7 Å². The number of nitrogens with one attached hydrogen (secondary N) is 1. The van der Waals surface area contributed by atoms with Crippen molar-refractivity contribution >= 4 is 21.6 Å². The average molecular weight is 351 g/mol. The number of aryl methyl sites for hydroxylation is 1. The number of piperidine rings is 1. The Morgan fingerprint density at radius 3 is 2.67 bits per heavy atom. The predicted octanol–water partition coefficient (Wildman–Crippen LogP) is 1.36. The van der Waals surface area contributed by atoms with Gasteiger partial charge in [0, 0.05) is 32.2 Å². The van der Waals surface area contributed by atoms with E-state index >= 15 is 0 Å². The molecular formula is C17H25N3O3S. The molecule has 1 amide bonds. The molecule has 7 heteroatoms. The highest BCUT2D eigenvalue weighted by atomic mass is 32.2. The molecule has 1 N–H and O–H groups in total. The molecule has 0 bridgehead atoms. The molecule has 1 saturated heterocycles. The predicted molar refractivity (Wildman–Crippen MR) is 93.6 cm³/mol. The quantitative estimate of drug-likeness (QED) is 0.893. The first-order chi connectivity index (χ1) is 11.4. The number of hydrogen-bond donors (Lipinski definition) is 1. The van der Waals surface area contributed by atoms with Crippen LogP contribution in [0.5, 0.6) is 0 Å². The van der Waals surface area contributed by atoms with Gasteiger partial charge >= 0.3 is 0 Å². The number of benzene rings is 1. The smallest absolute Gasteiger partial charge is 0.243 e. The second-order valence-electron chi connectivity index (χ2n) is 6.57. The first kappa shape index (κ1) is 17.4. The van der Waals surface area contributed by atoms with E-state index in [2.05, 4.69) is 5.32 Å². The summed E-state index contributed by atoms with van der Waals surface area (Å²) in [5.41, 5.74) is 1.79. The number of fused-ring (bicyclic) bond motifs is 1. The van der Waals surface area contributed by atoms with Gasteiger partial charge in [-0.05, 0) is 56.5 Å². The average Bonchev–Trinajstić information content (AvgIpc) is 2.60. The van der Waals surface area contributed by atoms with Crippen LogP contribution in [-0.4, -0.2) is 51.4 Å². The molecule has 0 aliphatic carbocycles. The van der Waals surface area contributed by atoms with Gasteiger partial charge in [0.25, 0.3) is 0 Å². The molecule has 1 aromatic rings. The third kappa shape index (κ3) is 3.20. The van der Waals surface area contributed by atoms with Crippen LogP contribution in [0, 0.1) is 0 Å². The lowest BCUT2D eigenvalue weighted by Gasteiger charge is -2.32. The third-order valence-electron chi connectivity index (χ3n) is 5.06. The summed E-state index contributed by atoms with van der Waals surface area (Å²) in [5.74, 6) is -0.0443. The SMILES string of the molecule is CC(=O)N1CCCc2ccc(S(=O)(=O)N(C)C3CCNCC3)cc21. The van der Waals surface area contributed by atoms with E-state index in [1.54, 1.807) is 24.1 Å². The van der Waals surface area contributed by atoms with Crippen LogP contribution >= 0.6 is 0 Å². The van der Waals surface area contributed by atoms with Crippen LogP contribution in [-0.2, 0) is 21.2 Å². The molecule has 0 unspecified atom stereocenters. The molecule has 132 valence electrons. The normalized spacial score (nSPS) is 19.4. The van der Waals surface area contributed by atoms with Crippen molar-refractivity contribution in [2.45, 2.75) is 43.5 Å². The van der Waals surface area contributed by atoms with Gasteiger partial charge in [0.1, 0.15) is 0 Å². The van der Waals surface area contributed by atoms with Crippen molar-refractivity contribution in [3.05, 3.63) is 23.8 Å². The highest BCUT2D eigenvalue weighted by Crippen LogP contribution is 2.31. The summed E-state index contributed by atoms with van der Waals surface area (Å²) in [5, 5.41) is 3.25. The molecule has 0 saturated carbocycles. The molecule has 1 aromatic carbocycles. The molecule has 2 aliphatic rings. The molecule has 0 spiro atoms. The van der Waals surface area contributed by atoms with Crippen LogP contribution in [0.4, 0.5) is 5.69 Å². The number of anilines is 1. The van der Waals surface area contributed by atoms with Crippen LogP contribution < -0.4 is 10.2 Å². The summed E-state index contributed by atoms with van der Waals surface area (Å²) in [6.45, 7) is 3.85. The van der Waals surface area contributed by atoms with Crippen molar-refractivity contribution in [1.82, 2.24) is 9.62 Å². The van der Waals surface area contributed by atoms with E-state index in [1.807, 2.05) is 6.07 Å². The number of nitrogens with zero attached hydrogens (tertiary/aromatic N) is 2. The van der Waals surface area contributed by atoms with Crippen LogP contribution in [0.1, 0.15) is 31.7 Å². The lowest BCUT2D eigenvalue weighted by atomic mass is 10.0. The maximum absolute atomic E-state index is 13.0. The number of carbonyl (C=O) groups is 1. The minimum absolute atomic E-state index is 0.0243. The Bertz CT molecular complexity index is 727. The number of sulfonamides is 1. The third-order valence-corrected chi connectivity index (χ3v) is 6.96. The Hall–Kier alpha value is -1.44. The molecule has 0 radical (unpaired) electrons. The van der Waals surface area contributed by atoms with E-state index in [0.717, 1.165) is 50.0 Å². The Morgan fingerprint density at radius 1 is 1.29 bits per heavy atom. The van der Waals surface area contributed by atoms with Crippen LogP contribution in [0.15, 0.2) is 23.1 Å². The van der Waals surface area contributed by atoms with Crippen molar-refractivity contribution in [3.63, 3.8) is 0 Å². The minimum Gasteiger partial charge on any atom is -0.317 e. The molecule has 0 aromatic heterocycles. The second kappa shape index (κ2) is 6.82. The van der Waals surface area contributed by atoms with Crippen molar-refractivity contribution < 1.29 is 13.2 Å². The zero-order valence-corrected chi connectivity index (χ0v) is 15.1. The first-order valence-electron chi connectivity index (χ1n) is 8.51.